The van der Waals surface area contributed by atoms with Crippen LogP contribution in [0.3, 0.4) is 0 Å². The van der Waals surface area contributed by atoms with Crippen LogP contribution in [0.25, 0.3) is 0 Å². The second-order valence-electron chi connectivity index (χ2n) is 4.16. The van der Waals surface area contributed by atoms with Crippen LogP contribution in [0.5, 0.6) is 0 Å². The Hall–Kier alpha value is -1.55. The Morgan fingerprint density at radius 1 is 1.12 bits per heavy atom. The van der Waals surface area contributed by atoms with E-state index in [-0.39, 0.29) is 0 Å². The summed E-state index contributed by atoms with van der Waals surface area (Å²) in [5.41, 5.74) is 2.32. The molecule has 0 saturated carbocycles. The highest BCUT2D eigenvalue weighted by Crippen LogP contribution is 2.16. The highest BCUT2D eigenvalue weighted by molar-refractivity contribution is 5.80. The summed E-state index contributed by atoms with van der Waals surface area (Å²) in [6, 6.07) is 8.35. The normalized spacial score (nSPS) is 18.2. The zero-order valence-corrected chi connectivity index (χ0v) is 9.63. The molecule has 0 radical (unpaired) electrons. The molecule has 2 rings (SSSR count). The molecule has 0 atom stereocenters. The van der Waals surface area contributed by atoms with Gasteiger partial charge in [-0.3, -0.25) is 0 Å². The van der Waals surface area contributed by atoms with E-state index in [0.717, 1.165) is 31.7 Å². The number of piperazine rings is 1. The number of benzene rings is 1. The minimum Gasteiger partial charge on any atom is -0.369 e. The van der Waals surface area contributed by atoms with E-state index in [1.54, 1.807) is 6.21 Å². The second-order valence-corrected chi connectivity index (χ2v) is 4.16. The number of hydrogen-bond acceptors (Lipinski definition) is 4. The van der Waals surface area contributed by atoms with E-state index in [4.69, 9.17) is 5.84 Å². The number of nitrogens with zero attached hydrogens (tertiary/aromatic N) is 3. The fourth-order valence-electron chi connectivity index (χ4n) is 1.92. The fraction of sp³-hybridized carbons (Fsp3) is 0.417. The molecule has 4 nitrogen and oxygen atoms in total. The summed E-state index contributed by atoms with van der Waals surface area (Å²) in [6.45, 7) is 4.46. The number of anilines is 1. The van der Waals surface area contributed by atoms with Gasteiger partial charge in [-0.25, -0.2) is 0 Å². The number of hydrogen-bond donors (Lipinski definition) is 1. The van der Waals surface area contributed by atoms with Crippen molar-refractivity contribution >= 4 is 11.9 Å². The van der Waals surface area contributed by atoms with E-state index in [0.29, 0.717) is 0 Å². The number of rotatable bonds is 2. The summed E-state index contributed by atoms with van der Waals surface area (Å²) < 4.78 is 0. The Balaban J connectivity index is 2.04. The van der Waals surface area contributed by atoms with Crippen molar-refractivity contribution in [3.8, 4) is 0 Å². The third-order valence-electron chi connectivity index (χ3n) is 2.99. The molecule has 86 valence electrons. The minimum atomic E-state index is 1.04. The van der Waals surface area contributed by atoms with E-state index in [9.17, 15) is 0 Å². The monoisotopic (exact) mass is 218 g/mol. The summed E-state index contributed by atoms with van der Waals surface area (Å²) >= 11 is 0. The first kappa shape index (κ1) is 11.0. The lowest BCUT2D eigenvalue weighted by Crippen LogP contribution is -2.44. The summed E-state index contributed by atoms with van der Waals surface area (Å²) in [7, 11) is 2.16. The SMILES string of the molecule is CN1CCN(c2ccc(/C=N/N)cc2)CC1. The van der Waals surface area contributed by atoms with Crippen molar-refractivity contribution in [3.63, 3.8) is 0 Å². The van der Waals surface area contributed by atoms with Crippen molar-refractivity contribution in [2.45, 2.75) is 0 Å². The largest absolute Gasteiger partial charge is 0.369 e. The molecule has 0 amide bonds. The summed E-state index contributed by atoms with van der Waals surface area (Å²) in [6.07, 6.45) is 1.66. The van der Waals surface area contributed by atoms with Gasteiger partial charge in [0.15, 0.2) is 0 Å². The summed E-state index contributed by atoms with van der Waals surface area (Å²) in [5, 5.41) is 3.51. The third-order valence-corrected chi connectivity index (χ3v) is 2.99. The molecule has 1 aromatic rings. The van der Waals surface area contributed by atoms with Crippen LogP contribution in [0.1, 0.15) is 5.56 Å². The van der Waals surface area contributed by atoms with Crippen molar-refractivity contribution in [1.82, 2.24) is 4.90 Å². The van der Waals surface area contributed by atoms with Crippen LogP contribution in [0, 0.1) is 0 Å². The predicted molar refractivity (Wildman–Crippen MR) is 67.9 cm³/mol. The minimum absolute atomic E-state index is 1.04. The van der Waals surface area contributed by atoms with Gasteiger partial charge in [0, 0.05) is 31.9 Å². The Bertz CT molecular complexity index is 350. The number of likely N-dealkylation sites (N-methyl/N-ethyl adjacent to an activating group) is 1. The predicted octanol–water partition coefficient (Wildman–Crippen LogP) is 0.731. The second kappa shape index (κ2) is 4.99. The number of hydrazone groups is 1. The lowest BCUT2D eigenvalue weighted by atomic mass is 10.2. The maximum absolute atomic E-state index is 5.11. The van der Waals surface area contributed by atoms with Gasteiger partial charge in [-0.2, -0.15) is 5.10 Å². The van der Waals surface area contributed by atoms with Crippen LogP contribution in [0.4, 0.5) is 5.69 Å². The van der Waals surface area contributed by atoms with Gasteiger partial charge in [0.25, 0.3) is 0 Å². The average Bonchev–Trinajstić information content (AvgIpc) is 2.32. The van der Waals surface area contributed by atoms with Gasteiger partial charge in [-0.05, 0) is 24.7 Å². The molecular formula is C12H18N4. The molecule has 0 aromatic heterocycles. The van der Waals surface area contributed by atoms with Crippen molar-refractivity contribution < 1.29 is 0 Å². The van der Waals surface area contributed by atoms with Gasteiger partial charge in [0.2, 0.25) is 0 Å². The molecule has 1 aromatic carbocycles. The van der Waals surface area contributed by atoms with Crippen LogP contribution in [0.15, 0.2) is 29.4 Å². The Kier molecular flexibility index (Phi) is 3.41. The van der Waals surface area contributed by atoms with Crippen LogP contribution in [-0.2, 0) is 0 Å². The molecule has 4 heteroatoms. The molecule has 1 saturated heterocycles. The highest BCUT2D eigenvalue weighted by Gasteiger charge is 2.13. The zero-order valence-electron chi connectivity index (χ0n) is 9.63. The molecule has 0 bridgehead atoms. The van der Waals surface area contributed by atoms with Gasteiger partial charge in [0.05, 0.1) is 6.21 Å². The first-order chi connectivity index (χ1) is 7.79. The van der Waals surface area contributed by atoms with Crippen LogP contribution in [0.2, 0.25) is 0 Å². The number of nitrogens with two attached hydrogens (primary N) is 1. The molecule has 1 fully saturated rings. The molecule has 1 aliphatic heterocycles. The van der Waals surface area contributed by atoms with Crippen LogP contribution >= 0.6 is 0 Å². The lowest BCUT2D eigenvalue weighted by Gasteiger charge is -2.34. The molecule has 1 heterocycles. The van der Waals surface area contributed by atoms with E-state index in [1.807, 2.05) is 12.1 Å². The quantitative estimate of drug-likeness (QED) is 0.452. The summed E-state index contributed by atoms with van der Waals surface area (Å²) in [4.78, 5) is 4.76. The van der Waals surface area contributed by atoms with Crippen LogP contribution in [-0.4, -0.2) is 44.3 Å². The van der Waals surface area contributed by atoms with Gasteiger partial charge in [-0.15, -0.1) is 0 Å². The van der Waals surface area contributed by atoms with E-state index in [2.05, 4.69) is 34.1 Å². The first-order valence-electron chi connectivity index (χ1n) is 5.56. The van der Waals surface area contributed by atoms with Crippen molar-refractivity contribution in [2.75, 3.05) is 38.1 Å². The molecule has 0 aliphatic carbocycles. The van der Waals surface area contributed by atoms with Gasteiger partial charge in [-0.1, -0.05) is 12.1 Å². The molecule has 16 heavy (non-hydrogen) atoms. The Labute approximate surface area is 96.3 Å². The molecule has 1 aliphatic rings. The Morgan fingerprint density at radius 3 is 2.31 bits per heavy atom. The first-order valence-corrected chi connectivity index (χ1v) is 5.56. The van der Waals surface area contributed by atoms with Crippen molar-refractivity contribution in [2.24, 2.45) is 10.9 Å². The lowest BCUT2D eigenvalue weighted by molar-refractivity contribution is 0.313. The molecular weight excluding hydrogens is 200 g/mol. The standard InChI is InChI=1S/C12H18N4/c1-15-6-8-16(9-7-15)12-4-2-11(3-5-12)10-14-13/h2-5,10H,6-9,13H2,1H3/b14-10+. The fourth-order valence-corrected chi connectivity index (χ4v) is 1.92. The third kappa shape index (κ3) is 2.52. The van der Waals surface area contributed by atoms with E-state index < -0.39 is 0 Å². The summed E-state index contributed by atoms with van der Waals surface area (Å²) in [5.74, 6) is 5.11. The zero-order chi connectivity index (χ0) is 11.4. The van der Waals surface area contributed by atoms with Crippen LogP contribution < -0.4 is 10.7 Å². The maximum atomic E-state index is 5.11. The van der Waals surface area contributed by atoms with Gasteiger partial charge >= 0.3 is 0 Å². The van der Waals surface area contributed by atoms with Crippen molar-refractivity contribution in [3.05, 3.63) is 29.8 Å². The highest BCUT2D eigenvalue weighted by atomic mass is 15.2. The van der Waals surface area contributed by atoms with Crippen molar-refractivity contribution in [1.29, 1.82) is 0 Å². The molecule has 0 unspecified atom stereocenters. The topological polar surface area (TPSA) is 44.9 Å². The van der Waals surface area contributed by atoms with E-state index >= 15 is 0 Å². The Morgan fingerprint density at radius 2 is 1.75 bits per heavy atom. The average molecular weight is 218 g/mol. The maximum Gasteiger partial charge on any atom is 0.0538 e. The smallest absolute Gasteiger partial charge is 0.0538 e. The molecule has 2 N–H and O–H groups in total. The van der Waals surface area contributed by atoms with Gasteiger partial charge < -0.3 is 15.6 Å². The molecule has 0 spiro atoms. The van der Waals surface area contributed by atoms with E-state index in [1.165, 1.54) is 5.69 Å². The van der Waals surface area contributed by atoms with Gasteiger partial charge in [0.1, 0.15) is 0 Å².